The molecule has 0 radical (unpaired) electrons. The summed E-state index contributed by atoms with van der Waals surface area (Å²) in [5, 5.41) is 5.90. The highest BCUT2D eigenvalue weighted by Gasteiger charge is 2.08. The number of halogens is 2. The molecule has 0 saturated heterocycles. The number of pyridine rings is 1. The van der Waals surface area contributed by atoms with E-state index in [4.69, 9.17) is 10.7 Å². The third-order valence-electron chi connectivity index (χ3n) is 4.73. The summed E-state index contributed by atoms with van der Waals surface area (Å²) < 4.78 is 0. The fourth-order valence-corrected chi connectivity index (χ4v) is 3.35. The van der Waals surface area contributed by atoms with Gasteiger partial charge in [0.05, 0.1) is 16.7 Å². The summed E-state index contributed by atoms with van der Waals surface area (Å²) in [6, 6.07) is 25.3. The average Bonchev–Trinajstić information content (AvgIpc) is 2.69. The number of anilines is 2. The van der Waals surface area contributed by atoms with Gasteiger partial charge in [-0.15, -0.1) is 24.8 Å². The Labute approximate surface area is 178 Å². The first-order chi connectivity index (χ1) is 12.8. The number of nitrogens with zero attached hydrogens (tertiary/aromatic N) is 1. The van der Waals surface area contributed by atoms with Gasteiger partial charge in [-0.2, -0.15) is 0 Å². The number of fused-ring (bicyclic) bond motifs is 2. The Hall–Kier alpha value is -2.33. The maximum Gasteiger partial charge on any atom is 0.0730 e. The Morgan fingerprint density at radius 1 is 0.714 bits per heavy atom. The minimum atomic E-state index is 0. The van der Waals surface area contributed by atoms with Crippen molar-refractivity contribution in [3.8, 4) is 0 Å². The van der Waals surface area contributed by atoms with E-state index in [9.17, 15) is 0 Å². The summed E-state index contributed by atoms with van der Waals surface area (Å²) >= 11 is 0. The van der Waals surface area contributed by atoms with E-state index in [2.05, 4.69) is 66.0 Å². The van der Waals surface area contributed by atoms with Crippen LogP contribution in [0.25, 0.3) is 21.8 Å². The van der Waals surface area contributed by atoms with Crippen LogP contribution in [0.1, 0.15) is 18.4 Å². The Morgan fingerprint density at radius 3 is 1.86 bits per heavy atom. The number of para-hydroxylation sites is 2. The van der Waals surface area contributed by atoms with Gasteiger partial charge in [-0.05, 0) is 55.6 Å². The number of unbranched alkanes of at least 4 members (excludes halogenated alkanes) is 1. The molecule has 4 rings (SSSR count). The first-order valence-electron chi connectivity index (χ1n) is 9.19. The van der Waals surface area contributed by atoms with Gasteiger partial charge in [-0.25, -0.2) is 4.98 Å². The van der Waals surface area contributed by atoms with Crippen LogP contribution < -0.4 is 11.1 Å². The van der Waals surface area contributed by atoms with Gasteiger partial charge >= 0.3 is 0 Å². The quantitative estimate of drug-likeness (QED) is 0.289. The predicted molar refractivity (Wildman–Crippen MR) is 125 cm³/mol. The molecule has 0 aliphatic carbocycles. The second kappa shape index (κ2) is 10.3. The Bertz CT molecular complexity index is 979. The van der Waals surface area contributed by atoms with Crippen molar-refractivity contribution in [3.05, 3.63) is 78.4 Å². The molecule has 3 aromatic carbocycles. The Balaban J connectivity index is 0.00000140. The number of hydrogen-bond acceptors (Lipinski definition) is 3. The molecule has 4 aromatic rings. The van der Waals surface area contributed by atoms with Crippen LogP contribution in [-0.2, 0) is 6.42 Å². The smallest absolute Gasteiger partial charge is 0.0730 e. The Kier molecular flexibility index (Phi) is 8.06. The van der Waals surface area contributed by atoms with Crippen molar-refractivity contribution in [1.82, 2.24) is 4.98 Å². The van der Waals surface area contributed by atoms with Gasteiger partial charge in [0.2, 0.25) is 0 Å². The molecule has 146 valence electrons. The summed E-state index contributed by atoms with van der Waals surface area (Å²) in [6.45, 7) is 0.766. The number of nitrogens with two attached hydrogens (primary N) is 1. The zero-order chi connectivity index (χ0) is 17.8. The van der Waals surface area contributed by atoms with Crippen LogP contribution in [0.5, 0.6) is 0 Å². The summed E-state index contributed by atoms with van der Waals surface area (Å²) in [7, 11) is 0. The summed E-state index contributed by atoms with van der Waals surface area (Å²) in [5.74, 6) is 0. The van der Waals surface area contributed by atoms with Crippen molar-refractivity contribution >= 4 is 58.0 Å². The van der Waals surface area contributed by atoms with E-state index in [1.807, 2.05) is 12.1 Å². The van der Waals surface area contributed by atoms with Gasteiger partial charge in [0.15, 0.2) is 0 Å². The van der Waals surface area contributed by atoms with Crippen LogP contribution in [0.4, 0.5) is 11.4 Å². The van der Waals surface area contributed by atoms with E-state index >= 15 is 0 Å². The van der Waals surface area contributed by atoms with E-state index in [1.54, 1.807) is 0 Å². The third-order valence-corrected chi connectivity index (χ3v) is 4.73. The molecule has 0 spiro atoms. The number of benzene rings is 3. The van der Waals surface area contributed by atoms with Gasteiger partial charge in [0, 0.05) is 16.5 Å². The molecule has 0 aliphatic heterocycles. The second-order valence-corrected chi connectivity index (χ2v) is 6.59. The lowest BCUT2D eigenvalue weighted by Gasteiger charge is -2.13. The van der Waals surface area contributed by atoms with Crippen molar-refractivity contribution in [2.75, 3.05) is 11.9 Å². The van der Waals surface area contributed by atoms with Crippen LogP contribution >= 0.6 is 24.8 Å². The lowest BCUT2D eigenvalue weighted by Crippen LogP contribution is -1.99. The maximum atomic E-state index is 5.58. The number of aryl methyl sites for hydroxylation is 1. The van der Waals surface area contributed by atoms with Gasteiger partial charge < -0.3 is 11.1 Å². The van der Waals surface area contributed by atoms with Gasteiger partial charge in [-0.3, -0.25) is 0 Å². The second-order valence-electron chi connectivity index (χ2n) is 6.59. The van der Waals surface area contributed by atoms with Crippen LogP contribution in [0, 0.1) is 0 Å². The zero-order valence-corrected chi connectivity index (χ0v) is 17.2. The monoisotopic (exact) mass is 413 g/mol. The van der Waals surface area contributed by atoms with Crippen LogP contribution in [0.2, 0.25) is 0 Å². The van der Waals surface area contributed by atoms with Crippen molar-refractivity contribution in [3.63, 3.8) is 0 Å². The Morgan fingerprint density at radius 2 is 1.29 bits per heavy atom. The molecule has 0 bridgehead atoms. The van der Waals surface area contributed by atoms with E-state index < -0.39 is 0 Å². The highest BCUT2D eigenvalue weighted by molar-refractivity contribution is 6.08. The molecular formula is C23H25Cl2N3. The van der Waals surface area contributed by atoms with E-state index in [0.29, 0.717) is 0 Å². The number of rotatable bonds is 6. The van der Waals surface area contributed by atoms with E-state index in [-0.39, 0.29) is 24.8 Å². The number of hydrogen-bond donors (Lipinski definition) is 2. The first-order valence-corrected chi connectivity index (χ1v) is 9.19. The molecule has 5 heteroatoms. The van der Waals surface area contributed by atoms with Crippen LogP contribution in [-0.4, -0.2) is 11.5 Å². The van der Waals surface area contributed by atoms with Gasteiger partial charge in [0.25, 0.3) is 0 Å². The fourth-order valence-electron chi connectivity index (χ4n) is 3.35. The molecule has 0 unspecified atom stereocenters. The topological polar surface area (TPSA) is 50.9 Å². The van der Waals surface area contributed by atoms with Gasteiger partial charge in [-0.1, -0.05) is 48.5 Å². The van der Waals surface area contributed by atoms with Gasteiger partial charge in [0.1, 0.15) is 0 Å². The standard InChI is InChI=1S/C23H23N3.2ClH/c24-16-6-5-7-17-12-14-18(15-13-17)25-23-19-8-1-3-10-21(19)26-22-11-4-2-9-20(22)23;;/h1-4,8-15H,5-7,16,24H2,(H,25,26);2*1H. The third kappa shape index (κ3) is 4.74. The highest BCUT2D eigenvalue weighted by atomic mass is 35.5. The highest BCUT2D eigenvalue weighted by Crippen LogP contribution is 2.33. The molecule has 1 heterocycles. The summed E-state index contributed by atoms with van der Waals surface area (Å²) in [5.41, 5.74) is 11.2. The lowest BCUT2D eigenvalue weighted by molar-refractivity contribution is 0.745. The number of aromatic nitrogens is 1. The molecule has 0 fully saturated rings. The molecule has 3 N–H and O–H groups in total. The van der Waals surface area contributed by atoms with Crippen molar-refractivity contribution < 1.29 is 0 Å². The first kappa shape index (κ1) is 22.0. The molecule has 0 amide bonds. The molecular weight excluding hydrogens is 389 g/mol. The maximum absolute atomic E-state index is 5.58. The normalized spacial score (nSPS) is 10.3. The molecule has 28 heavy (non-hydrogen) atoms. The number of nitrogens with one attached hydrogen (secondary N) is 1. The van der Waals surface area contributed by atoms with Crippen molar-refractivity contribution in [1.29, 1.82) is 0 Å². The van der Waals surface area contributed by atoms with E-state index in [0.717, 1.165) is 59.0 Å². The minimum Gasteiger partial charge on any atom is -0.354 e. The fraction of sp³-hybridized carbons (Fsp3) is 0.174. The molecule has 0 saturated carbocycles. The summed E-state index contributed by atoms with van der Waals surface area (Å²) in [6.07, 6.45) is 3.30. The summed E-state index contributed by atoms with van der Waals surface area (Å²) in [4.78, 5) is 4.79. The minimum absolute atomic E-state index is 0. The van der Waals surface area contributed by atoms with E-state index in [1.165, 1.54) is 5.56 Å². The van der Waals surface area contributed by atoms with Crippen molar-refractivity contribution in [2.24, 2.45) is 5.73 Å². The van der Waals surface area contributed by atoms with Crippen LogP contribution in [0.15, 0.2) is 72.8 Å². The van der Waals surface area contributed by atoms with Crippen LogP contribution in [0.3, 0.4) is 0 Å². The SMILES string of the molecule is Cl.Cl.NCCCCc1ccc(Nc2c3ccccc3nc3ccccc23)cc1. The average molecular weight is 414 g/mol. The molecule has 0 atom stereocenters. The molecule has 3 nitrogen and oxygen atoms in total. The predicted octanol–water partition coefficient (Wildman–Crippen LogP) is 6.26. The van der Waals surface area contributed by atoms with Crippen molar-refractivity contribution in [2.45, 2.75) is 19.3 Å². The lowest BCUT2D eigenvalue weighted by atomic mass is 10.1. The zero-order valence-electron chi connectivity index (χ0n) is 15.6. The molecule has 1 aromatic heterocycles. The molecule has 0 aliphatic rings. The largest absolute Gasteiger partial charge is 0.354 e.